The van der Waals surface area contributed by atoms with Gasteiger partial charge < -0.3 is 10.5 Å². The van der Waals surface area contributed by atoms with Gasteiger partial charge in [0, 0.05) is 10.9 Å². The zero-order valence-electron chi connectivity index (χ0n) is 9.50. The summed E-state index contributed by atoms with van der Waals surface area (Å²) in [6.07, 6.45) is 0.464. The Hall–Kier alpha value is -0.870. The molecule has 0 aromatic heterocycles. The van der Waals surface area contributed by atoms with Crippen LogP contribution in [0.2, 0.25) is 0 Å². The highest BCUT2D eigenvalue weighted by molar-refractivity contribution is 9.10. The molecule has 2 N–H and O–H groups in total. The Morgan fingerprint density at radius 3 is 2.81 bits per heavy atom. The summed E-state index contributed by atoms with van der Waals surface area (Å²) in [7, 11) is 0. The van der Waals surface area contributed by atoms with Gasteiger partial charge in [-0.15, -0.1) is 0 Å². The lowest BCUT2D eigenvalue weighted by Gasteiger charge is -2.22. The summed E-state index contributed by atoms with van der Waals surface area (Å²) in [6.45, 7) is 3.81. The van der Waals surface area contributed by atoms with Gasteiger partial charge in [0.1, 0.15) is 5.54 Å². The van der Waals surface area contributed by atoms with Gasteiger partial charge in [-0.25, -0.2) is 0 Å². The first-order chi connectivity index (χ1) is 7.45. The summed E-state index contributed by atoms with van der Waals surface area (Å²) in [5.41, 5.74) is 5.97. The van der Waals surface area contributed by atoms with E-state index < -0.39 is 5.54 Å². The van der Waals surface area contributed by atoms with Crippen molar-refractivity contribution in [1.29, 1.82) is 0 Å². The van der Waals surface area contributed by atoms with Gasteiger partial charge in [0.2, 0.25) is 0 Å². The molecule has 0 aliphatic heterocycles. The molecule has 1 aromatic rings. The Kier molecular flexibility index (Phi) is 4.50. The normalized spacial score (nSPS) is 14.2. The van der Waals surface area contributed by atoms with E-state index in [0.29, 0.717) is 13.0 Å². The van der Waals surface area contributed by atoms with Crippen LogP contribution in [-0.2, 0) is 16.0 Å². The van der Waals surface area contributed by atoms with Crippen LogP contribution in [0, 0.1) is 0 Å². The molecule has 88 valence electrons. The fourth-order valence-corrected chi connectivity index (χ4v) is 1.89. The van der Waals surface area contributed by atoms with Gasteiger partial charge in [-0.3, -0.25) is 4.79 Å². The van der Waals surface area contributed by atoms with E-state index in [1.807, 2.05) is 24.3 Å². The van der Waals surface area contributed by atoms with Crippen LogP contribution >= 0.6 is 15.9 Å². The van der Waals surface area contributed by atoms with Crippen LogP contribution in [0.1, 0.15) is 19.4 Å². The molecule has 0 saturated heterocycles. The zero-order valence-corrected chi connectivity index (χ0v) is 11.1. The molecule has 1 atom stereocenters. The highest BCUT2D eigenvalue weighted by Crippen LogP contribution is 2.17. The number of esters is 1. The third kappa shape index (κ3) is 3.61. The molecule has 0 fully saturated rings. The number of halogens is 1. The molecule has 0 aliphatic rings. The van der Waals surface area contributed by atoms with E-state index in [1.54, 1.807) is 13.8 Å². The smallest absolute Gasteiger partial charge is 0.326 e. The largest absolute Gasteiger partial charge is 0.465 e. The molecule has 0 unspecified atom stereocenters. The van der Waals surface area contributed by atoms with Crippen molar-refractivity contribution in [3.05, 3.63) is 34.3 Å². The maximum absolute atomic E-state index is 11.6. The number of ether oxygens (including phenoxy) is 1. The molecule has 0 spiro atoms. The summed E-state index contributed by atoms with van der Waals surface area (Å²) in [6, 6.07) is 7.74. The first kappa shape index (κ1) is 13.2. The molecule has 3 nitrogen and oxygen atoms in total. The van der Waals surface area contributed by atoms with Crippen molar-refractivity contribution in [2.45, 2.75) is 25.8 Å². The van der Waals surface area contributed by atoms with Crippen molar-refractivity contribution in [3.63, 3.8) is 0 Å². The molecule has 16 heavy (non-hydrogen) atoms. The van der Waals surface area contributed by atoms with Gasteiger partial charge in [-0.1, -0.05) is 28.1 Å². The lowest BCUT2D eigenvalue weighted by atomic mass is 9.94. The molecule has 0 saturated carbocycles. The van der Waals surface area contributed by atoms with E-state index in [9.17, 15) is 4.79 Å². The molecule has 1 rings (SSSR count). The van der Waals surface area contributed by atoms with Gasteiger partial charge >= 0.3 is 5.97 Å². The Bertz CT molecular complexity index is 377. The number of carbonyl (C=O) groups is 1. The molecule has 0 amide bonds. The molecule has 4 heteroatoms. The second kappa shape index (κ2) is 5.46. The number of hydrogen-bond acceptors (Lipinski definition) is 3. The van der Waals surface area contributed by atoms with Gasteiger partial charge in [0.15, 0.2) is 0 Å². The van der Waals surface area contributed by atoms with E-state index in [1.165, 1.54) is 0 Å². The molecule has 1 aromatic carbocycles. The third-order valence-corrected chi connectivity index (χ3v) is 2.70. The van der Waals surface area contributed by atoms with E-state index in [-0.39, 0.29) is 5.97 Å². The van der Waals surface area contributed by atoms with E-state index in [2.05, 4.69) is 15.9 Å². The molecular weight excluding hydrogens is 270 g/mol. The van der Waals surface area contributed by atoms with E-state index in [0.717, 1.165) is 10.0 Å². The van der Waals surface area contributed by atoms with Gasteiger partial charge in [0.05, 0.1) is 6.61 Å². The fourth-order valence-electron chi connectivity index (χ4n) is 1.44. The van der Waals surface area contributed by atoms with Crippen molar-refractivity contribution in [1.82, 2.24) is 0 Å². The first-order valence-corrected chi connectivity index (χ1v) is 5.95. The van der Waals surface area contributed by atoms with E-state index >= 15 is 0 Å². The second-order valence-electron chi connectivity index (χ2n) is 3.94. The molecular formula is C12H16BrNO2. The van der Waals surface area contributed by atoms with Crippen molar-refractivity contribution >= 4 is 21.9 Å². The number of hydrogen-bond donors (Lipinski definition) is 1. The van der Waals surface area contributed by atoms with Crippen LogP contribution in [0.4, 0.5) is 0 Å². The SMILES string of the molecule is CCOC(=O)[C@@](C)(N)Cc1cccc(Br)c1. The molecule has 0 heterocycles. The van der Waals surface area contributed by atoms with E-state index in [4.69, 9.17) is 10.5 Å². The van der Waals surface area contributed by atoms with Crippen LogP contribution in [-0.4, -0.2) is 18.1 Å². The van der Waals surface area contributed by atoms with Crippen molar-refractivity contribution < 1.29 is 9.53 Å². The van der Waals surface area contributed by atoms with Crippen LogP contribution in [0.3, 0.4) is 0 Å². The monoisotopic (exact) mass is 285 g/mol. The number of rotatable bonds is 4. The Morgan fingerprint density at radius 1 is 1.56 bits per heavy atom. The predicted molar refractivity (Wildman–Crippen MR) is 67.1 cm³/mol. The lowest BCUT2D eigenvalue weighted by Crippen LogP contribution is -2.48. The second-order valence-corrected chi connectivity index (χ2v) is 4.86. The third-order valence-electron chi connectivity index (χ3n) is 2.20. The van der Waals surface area contributed by atoms with Crippen molar-refractivity contribution in [2.24, 2.45) is 5.73 Å². The minimum atomic E-state index is -0.975. The molecule has 0 radical (unpaired) electrons. The average molecular weight is 286 g/mol. The Labute approximate surface area is 104 Å². The summed E-state index contributed by atoms with van der Waals surface area (Å²) in [4.78, 5) is 11.6. The van der Waals surface area contributed by atoms with Crippen LogP contribution in [0.25, 0.3) is 0 Å². The minimum Gasteiger partial charge on any atom is -0.465 e. The Morgan fingerprint density at radius 2 is 2.25 bits per heavy atom. The standard InChI is InChI=1S/C12H16BrNO2/c1-3-16-11(15)12(2,14)8-9-5-4-6-10(13)7-9/h4-7H,3,8,14H2,1-2H3/t12-/m0/s1. The van der Waals surface area contributed by atoms with Gasteiger partial charge in [0.25, 0.3) is 0 Å². The number of nitrogens with two attached hydrogens (primary N) is 1. The highest BCUT2D eigenvalue weighted by atomic mass is 79.9. The number of carbonyl (C=O) groups excluding carboxylic acids is 1. The zero-order chi connectivity index (χ0) is 12.2. The summed E-state index contributed by atoms with van der Waals surface area (Å²) in [5.74, 6) is -0.366. The minimum absolute atomic E-state index is 0.351. The van der Waals surface area contributed by atoms with Crippen LogP contribution < -0.4 is 5.73 Å². The topological polar surface area (TPSA) is 52.3 Å². The number of benzene rings is 1. The quantitative estimate of drug-likeness (QED) is 0.864. The molecule has 0 aliphatic carbocycles. The maximum Gasteiger partial charge on any atom is 0.326 e. The Balaban J connectivity index is 2.75. The predicted octanol–water partition coefficient (Wildman–Crippen LogP) is 2.27. The summed E-state index contributed by atoms with van der Waals surface area (Å²) >= 11 is 3.38. The molecule has 0 bridgehead atoms. The highest BCUT2D eigenvalue weighted by Gasteiger charge is 2.30. The first-order valence-electron chi connectivity index (χ1n) is 5.16. The average Bonchev–Trinajstić information content (AvgIpc) is 2.17. The lowest BCUT2D eigenvalue weighted by molar-refractivity contribution is -0.148. The van der Waals surface area contributed by atoms with Crippen molar-refractivity contribution in [3.8, 4) is 0 Å². The maximum atomic E-state index is 11.6. The van der Waals surface area contributed by atoms with Crippen molar-refractivity contribution in [2.75, 3.05) is 6.61 Å². The van der Waals surface area contributed by atoms with Gasteiger partial charge in [-0.05, 0) is 31.5 Å². The van der Waals surface area contributed by atoms with Gasteiger partial charge in [-0.2, -0.15) is 0 Å². The van der Waals surface area contributed by atoms with Crippen LogP contribution in [0.15, 0.2) is 28.7 Å². The fraction of sp³-hybridized carbons (Fsp3) is 0.417. The van der Waals surface area contributed by atoms with Crippen LogP contribution in [0.5, 0.6) is 0 Å². The summed E-state index contributed by atoms with van der Waals surface area (Å²) in [5, 5.41) is 0. The summed E-state index contributed by atoms with van der Waals surface area (Å²) < 4.78 is 5.91.